The van der Waals surface area contributed by atoms with Crippen LogP contribution < -0.4 is 16.2 Å². The molecule has 0 atom stereocenters. The highest BCUT2D eigenvalue weighted by molar-refractivity contribution is 6.30. The largest absolute Gasteiger partial charge is 0.510 e. The van der Waals surface area contributed by atoms with Gasteiger partial charge in [0.25, 0.3) is 5.91 Å². The van der Waals surface area contributed by atoms with Crippen LogP contribution in [0.15, 0.2) is 64.9 Å². The number of carbonyl (C=O) groups excluding carboxylic acids is 2. The average molecular weight is 413 g/mol. The number of amides is 2. The van der Waals surface area contributed by atoms with Crippen molar-refractivity contribution in [2.24, 2.45) is 4.99 Å². The fourth-order valence-electron chi connectivity index (χ4n) is 2.81. The van der Waals surface area contributed by atoms with E-state index in [-0.39, 0.29) is 36.6 Å². The fourth-order valence-corrected chi connectivity index (χ4v) is 2.94. The maximum Gasteiger partial charge on any atom is 0.257 e. The minimum absolute atomic E-state index is 0.0608. The first kappa shape index (κ1) is 20.4. The number of nitrogens with one attached hydrogen (secondary N) is 3. The number of aliphatic hydroxyl groups is 1. The fraction of sp³-hybridized carbons (Fsp3) is 0.190. The zero-order valence-corrected chi connectivity index (χ0v) is 16.6. The number of aryl methyl sites for hydroxylation is 1. The molecule has 0 aliphatic carbocycles. The topological polar surface area (TPSA) is 103 Å². The molecule has 2 aromatic carbocycles. The van der Waals surface area contributed by atoms with Crippen molar-refractivity contribution in [3.8, 4) is 0 Å². The lowest BCUT2D eigenvalue weighted by Crippen LogP contribution is -2.30. The molecule has 0 saturated heterocycles. The van der Waals surface area contributed by atoms with E-state index in [1.54, 1.807) is 24.3 Å². The van der Waals surface area contributed by atoms with Gasteiger partial charge >= 0.3 is 0 Å². The van der Waals surface area contributed by atoms with E-state index in [1.165, 1.54) is 0 Å². The molecule has 8 heteroatoms. The van der Waals surface area contributed by atoms with Gasteiger partial charge < -0.3 is 10.4 Å². The lowest BCUT2D eigenvalue weighted by atomic mass is 10.0. The third-order valence-corrected chi connectivity index (χ3v) is 4.62. The second kappa shape index (κ2) is 9.25. The van der Waals surface area contributed by atoms with Gasteiger partial charge in [0.2, 0.25) is 5.91 Å². The molecule has 150 valence electrons. The van der Waals surface area contributed by atoms with Gasteiger partial charge in [0.05, 0.1) is 23.6 Å². The number of hydrogen-bond acceptors (Lipinski definition) is 5. The van der Waals surface area contributed by atoms with Gasteiger partial charge in [-0.2, -0.15) is 0 Å². The van der Waals surface area contributed by atoms with Crippen molar-refractivity contribution < 1.29 is 14.7 Å². The number of hydrogen-bond donors (Lipinski definition) is 4. The highest BCUT2D eigenvalue weighted by atomic mass is 35.5. The highest BCUT2D eigenvalue weighted by Gasteiger charge is 2.27. The molecule has 0 spiro atoms. The summed E-state index contributed by atoms with van der Waals surface area (Å²) < 4.78 is 0. The third kappa shape index (κ3) is 5.36. The summed E-state index contributed by atoms with van der Waals surface area (Å²) in [4.78, 5) is 29.0. The van der Waals surface area contributed by atoms with Gasteiger partial charge in [-0.05, 0) is 49.2 Å². The Morgan fingerprint density at radius 3 is 2.55 bits per heavy atom. The van der Waals surface area contributed by atoms with Gasteiger partial charge in [0, 0.05) is 11.4 Å². The normalized spacial score (nSPS) is 14.0. The Morgan fingerprint density at radius 2 is 1.90 bits per heavy atom. The minimum atomic E-state index is -0.394. The summed E-state index contributed by atoms with van der Waals surface area (Å²) in [5.74, 6) is -0.743. The Kier molecular flexibility index (Phi) is 6.51. The van der Waals surface area contributed by atoms with Crippen molar-refractivity contribution >= 4 is 40.5 Å². The molecule has 0 saturated carbocycles. The van der Waals surface area contributed by atoms with Crippen molar-refractivity contribution in [3.63, 3.8) is 0 Å². The molecule has 1 aliphatic rings. The maximum atomic E-state index is 12.3. The van der Waals surface area contributed by atoms with E-state index >= 15 is 0 Å². The molecule has 0 unspecified atom stereocenters. The third-order valence-electron chi connectivity index (χ3n) is 4.37. The summed E-state index contributed by atoms with van der Waals surface area (Å²) >= 11 is 5.84. The molecule has 2 amide bonds. The predicted octanol–water partition coefficient (Wildman–Crippen LogP) is 3.59. The number of anilines is 1. The van der Waals surface area contributed by atoms with E-state index in [0.29, 0.717) is 22.1 Å². The van der Waals surface area contributed by atoms with Crippen LogP contribution in [0.1, 0.15) is 18.4 Å². The minimum Gasteiger partial charge on any atom is -0.510 e. The van der Waals surface area contributed by atoms with E-state index < -0.39 is 5.91 Å². The van der Waals surface area contributed by atoms with Crippen LogP contribution in [0.5, 0.6) is 0 Å². The van der Waals surface area contributed by atoms with Crippen LogP contribution in [-0.4, -0.2) is 29.2 Å². The van der Waals surface area contributed by atoms with Crippen LogP contribution in [0.4, 0.5) is 11.4 Å². The number of aliphatic imine (C=N–C) groups is 1. The molecule has 29 heavy (non-hydrogen) atoms. The van der Waals surface area contributed by atoms with Gasteiger partial charge in [0.1, 0.15) is 11.3 Å². The molecular formula is C21H21ClN4O3. The van der Waals surface area contributed by atoms with Gasteiger partial charge in [-0.25, -0.2) is 0 Å². The monoisotopic (exact) mass is 412 g/mol. The quantitative estimate of drug-likeness (QED) is 0.412. The van der Waals surface area contributed by atoms with Crippen LogP contribution in [0, 0.1) is 6.92 Å². The first-order chi connectivity index (χ1) is 13.9. The average Bonchev–Trinajstić information content (AvgIpc) is 3.04. The Labute approximate surface area is 173 Å². The summed E-state index contributed by atoms with van der Waals surface area (Å²) in [6.07, 6.45) is 0.268. The summed E-state index contributed by atoms with van der Waals surface area (Å²) in [7, 11) is 0. The number of rotatable bonds is 7. The maximum absolute atomic E-state index is 12.3. The van der Waals surface area contributed by atoms with Crippen LogP contribution in [0.2, 0.25) is 5.02 Å². The number of carbonyl (C=O) groups is 2. The zero-order valence-electron chi connectivity index (χ0n) is 15.8. The lowest BCUT2D eigenvalue weighted by Gasteiger charge is -2.11. The summed E-state index contributed by atoms with van der Waals surface area (Å²) in [6, 6.07) is 14.3. The lowest BCUT2D eigenvalue weighted by molar-refractivity contribution is -0.120. The van der Waals surface area contributed by atoms with E-state index in [4.69, 9.17) is 11.6 Å². The first-order valence-corrected chi connectivity index (χ1v) is 9.46. The number of nitrogens with zero attached hydrogens (tertiary/aromatic N) is 1. The summed E-state index contributed by atoms with van der Waals surface area (Å²) in [6.45, 7) is 1.97. The van der Waals surface area contributed by atoms with Crippen molar-refractivity contribution in [1.82, 2.24) is 10.7 Å². The molecule has 0 fully saturated rings. The molecule has 4 N–H and O–H groups in total. The predicted molar refractivity (Wildman–Crippen MR) is 113 cm³/mol. The summed E-state index contributed by atoms with van der Waals surface area (Å²) in [5.41, 5.74) is 8.20. The highest BCUT2D eigenvalue weighted by Crippen LogP contribution is 2.22. The van der Waals surface area contributed by atoms with E-state index in [9.17, 15) is 14.7 Å². The number of benzene rings is 2. The van der Waals surface area contributed by atoms with Gasteiger partial charge in [-0.1, -0.05) is 29.8 Å². The second-order valence-corrected chi connectivity index (χ2v) is 6.97. The molecule has 2 aromatic rings. The standard InChI is InChI=1S/C21H21ClN4O3/c1-13-4-2-3-5-16(13)24-17(20-18(27)12-23-21(20)29)10-11-19(28)26-25-15-8-6-14(22)7-9-15/h2-9,25,27H,10-12H2,1H3,(H,23,29)(H,26,28). The first-order valence-electron chi connectivity index (χ1n) is 9.08. The van der Waals surface area contributed by atoms with Crippen LogP contribution in [0.25, 0.3) is 0 Å². The van der Waals surface area contributed by atoms with Crippen LogP contribution in [-0.2, 0) is 9.59 Å². The molecule has 0 radical (unpaired) electrons. The molecule has 0 bridgehead atoms. The Morgan fingerprint density at radius 1 is 1.17 bits per heavy atom. The second-order valence-electron chi connectivity index (χ2n) is 6.53. The van der Waals surface area contributed by atoms with Crippen LogP contribution >= 0.6 is 11.6 Å². The number of hydrazine groups is 1. The molecule has 7 nitrogen and oxygen atoms in total. The number of halogens is 1. The smallest absolute Gasteiger partial charge is 0.257 e. The summed E-state index contributed by atoms with van der Waals surface area (Å²) in [5, 5.41) is 13.3. The number of aliphatic hydroxyl groups excluding tert-OH is 1. The van der Waals surface area contributed by atoms with E-state index in [2.05, 4.69) is 21.2 Å². The van der Waals surface area contributed by atoms with Crippen molar-refractivity contribution in [1.29, 1.82) is 0 Å². The molecule has 1 heterocycles. The van der Waals surface area contributed by atoms with Gasteiger partial charge in [-0.15, -0.1) is 0 Å². The molecule has 0 aromatic heterocycles. The Balaban J connectivity index is 1.71. The van der Waals surface area contributed by atoms with E-state index in [0.717, 1.165) is 5.56 Å². The SMILES string of the molecule is Cc1ccccc1N=C(CCC(=O)NNc1ccc(Cl)cc1)C1=C(O)CNC1=O. The zero-order chi connectivity index (χ0) is 20.8. The van der Waals surface area contributed by atoms with Crippen molar-refractivity contribution in [3.05, 3.63) is 70.4 Å². The Hall–Kier alpha value is -3.32. The molecule has 1 aliphatic heterocycles. The molecule has 3 rings (SSSR count). The number of para-hydroxylation sites is 1. The Bertz CT molecular complexity index is 984. The van der Waals surface area contributed by atoms with Crippen molar-refractivity contribution in [2.45, 2.75) is 19.8 Å². The van der Waals surface area contributed by atoms with Gasteiger partial charge in [0.15, 0.2) is 0 Å². The molecular weight excluding hydrogens is 392 g/mol. The van der Waals surface area contributed by atoms with E-state index in [1.807, 2.05) is 31.2 Å². The van der Waals surface area contributed by atoms with Crippen molar-refractivity contribution in [2.75, 3.05) is 12.0 Å². The van der Waals surface area contributed by atoms with Crippen LogP contribution in [0.3, 0.4) is 0 Å². The van der Waals surface area contributed by atoms with Gasteiger partial charge in [-0.3, -0.25) is 25.4 Å².